The second-order valence-electron chi connectivity index (χ2n) is 6.84. The van der Waals surface area contributed by atoms with Crippen molar-refractivity contribution >= 4 is 0 Å². The summed E-state index contributed by atoms with van der Waals surface area (Å²) in [6.07, 6.45) is -2.31. The van der Waals surface area contributed by atoms with E-state index in [-0.39, 0.29) is 24.4 Å². The average molecular weight is 411 g/mol. The van der Waals surface area contributed by atoms with Gasteiger partial charge in [-0.3, -0.25) is 0 Å². The summed E-state index contributed by atoms with van der Waals surface area (Å²) >= 11 is 0. The maximum Gasteiger partial charge on any atom is 0.186 e. The smallest absolute Gasteiger partial charge is 0.186 e. The van der Waals surface area contributed by atoms with Crippen molar-refractivity contribution in [2.24, 2.45) is 5.73 Å². The van der Waals surface area contributed by atoms with Crippen molar-refractivity contribution in [3.8, 4) is 0 Å². The number of fused-ring (bicyclic) bond motifs is 1. The van der Waals surface area contributed by atoms with Crippen LogP contribution in [-0.4, -0.2) is 76.9 Å². The molecule has 1 aromatic rings. The molecule has 2 saturated heterocycles. The molecule has 0 saturated carbocycles. The summed E-state index contributed by atoms with van der Waals surface area (Å²) in [7, 11) is 0. The van der Waals surface area contributed by atoms with Crippen LogP contribution in [0.5, 0.6) is 0 Å². The molecule has 8 nitrogen and oxygen atoms in total. The van der Waals surface area contributed by atoms with Crippen LogP contribution in [0.2, 0.25) is 0 Å². The van der Waals surface area contributed by atoms with Gasteiger partial charge >= 0.3 is 0 Å². The summed E-state index contributed by atoms with van der Waals surface area (Å²) in [6, 6.07) is 9.85. The van der Waals surface area contributed by atoms with E-state index in [0.29, 0.717) is 46.2 Å². The third-order valence-corrected chi connectivity index (χ3v) is 4.83. The molecule has 0 amide bonds. The van der Waals surface area contributed by atoms with Crippen LogP contribution in [0.1, 0.15) is 25.7 Å². The monoisotopic (exact) mass is 411 g/mol. The molecule has 6 atom stereocenters. The molecule has 2 N–H and O–H groups in total. The molecular formula is C21H33NO7. The summed E-state index contributed by atoms with van der Waals surface area (Å²) < 4.78 is 41.5. The van der Waals surface area contributed by atoms with Crippen molar-refractivity contribution in [3.05, 3.63) is 35.9 Å². The highest BCUT2D eigenvalue weighted by atomic mass is 16.8. The molecule has 8 heteroatoms. The van der Waals surface area contributed by atoms with Crippen molar-refractivity contribution in [1.82, 2.24) is 0 Å². The maximum absolute atomic E-state index is 6.28. The lowest BCUT2D eigenvalue weighted by Gasteiger charge is -2.38. The highest BCUT2D eigenvalue weighted by Crippen LogP contribution is 2.39. The fraction of sp³-hybridized carbons (Fsp3) is 0.714. The number of rotatable bonds is 12. The van der Waals surface area contributed by atoms with Gasteiger partial charge in [-0.25, -0.2) is 0 Å². The van der Waals surface area contributed by atoms with E-state index in [1.165, 1.54) is 0 Å². The van der Waals surface area contributed by atoms with Crippen molar-refractivity contribution in [2.45, 2.75) is 50.8 Å². The minimum absolute atomic E-state index is 0.312. The average Bonchev–Trinajstić information content (AvgIpc) is 3.09. The van der Waals surface area contributed by atoms with Crippen LogP contribution in [0.25, 0.3) is 0 Å². The Labute approximate surface area is 172 Å². The quantitative estimate of drug-likeness (QED) is 0.519. The number of nitrogens with two attached hydrogens (primary N) is 1. The van der Waals surface area contributed by atoms with Gasteiger partial charge in [0.15, 0.2) is 12.6 Å². The summed E-state index contributed by atoms with van der Waals surface area (Å²) in [4.78, 5) is 0. The predicted molar refractivity (Wildman–Crippen MR) is 105 cm³/mol. The Hall–Kier alpha value is -1.10. The Morgan fingerprint density at radius 1 is 0.862 bits per heavy atom. The van der Waals surface area contributed by atoms with Crippen LogP contribution >= 0.6 is 0 Å². The van der Waals surface area contributed by atoms with E-state index >= 15 is 0 Å². The normalized spacial score (nSPS) is 31.7. The Morgan fingerprint density at radius 2 is 1.62 bits per heavy atom. The van der Waals surface area contributed by atoms with Gasteiger partial charge in [0.25, 0.3) is 0 Å². The van der Waals surface area contributed by atoms with E-state index in [1.54, 1.807) is 0 Å². The molecular weight excluding hydrogens is 378 g/mol. The molecule has 3 rings (SSSR count). The van der Waals surface area contributed by atoms with E-state index in [1.807, 2.05) is 44.2 Å². The minimum atomic E-state index is -0.522. The van der Waals surface area contributed by atoms with Crippen molar-refractivity contribution in [3.63, 3.8) is 0 Å². The van der Waals surface area contributed by atoms with Gasteiger partial charge in [-0.15, -0.1) is 0 Å². The van der Waals surface area contributed by atoms with E-state index in [9.17, 15) is 0 Å². The summed E-state index contributed by atoms with van der Waals surface area (Å²) in [5, 5.41) is 0. The van der Waals surface area contributed by atoms with Crippen LogP contribution in [0, 0.1) is 0 Å². The molecule has 0 aromatic heterocycles. The van der Waals surface area contributed by atoms with E-state index in [0.717, 1.165) is 5.56 Å². The zero-order valence-electron chi connectivity index (χ0n) is 17.2. The third kappa shape index (κ3) is 5.96. The van der Waals surface area contributed by atoms with Gasteiger partial charge in [0.1, 0.15) is 24.4 Å². The molecule has 0 spiro atoms. The largest absolute Gasteiger partial charge is 0.378 e. The Balaban J connectivity index is 1.69. The van der Waals surface area contributed by atoms with Crippen molar-refractivity contribution < 1.29 is 33.2 Å². The summed E-state index contributed by atoms with van der Waals surface area (Å²) in [6.45, 7) is 7.27. The Morgan fingerprint density at radius 3 is 2.34 bits per heavy atom. The van der Waals surface area contributed by atoms with E-state index in [4.69, 9.17) is 38.9 Å². The van der Waals surface area contributed by atoms with Crippen molar-refractivity contribution in [2.75, 3.05) is 46.2 Å². The number of hydrogen-bond donors (Lipinski definition) is 1. The highest BCUT2D eigenvalue weighted by molar-refractivity contribution is 5.17. The molecule has 1 aromatic carbocycles. The van der Waals surface area contributed by atoms with Crippen molar-refractivity contribution in [1.29, 1.82) is 0 Å². The van der Waals surface area contributed by atoms with Crippen LogP contribution in [0.4, 0.5) is 0 Å². The number of ether oxygens (including phenoxy) is 7. The van der Waals surface area contributed by atoms with Gasteiger partial charge in [-0.2, -0.15) is 0 Å². The molecule has 2 aliphatic rings. The first-order chi connectivity index (χ1) is 14.3. The topological polar surface area (TPSA) is 90.6 Å². The third-order valence-electron chi connectivity index (χ3n) is 4.83. The maximum atomic E-state index is 6.28. The lowest BCUT2D eigenvalue weighted by atomic mass is 10.0. The molecule has 2 heterocycles. The molecule has 2 fully saturated rings. The fourth-order valence-electron chi connectivity index (χ4n) is 3.59. The Bertz CT molecular complexity index is 575. The van der Waals surface area contributed by atoms with E-state index < -0.39 is 12.6 Å². The van der Waals surface area contributed by atoms with Gasteiger partial charge in [0.2, 0.25) is 0 Å². The fourth-order valence-corrected chi connectivity index (χ4v) is 3.59. The van der Waals surface area contributed by atoms with Crippen LogP contribution < -0.4 is 5.73 Å². The molecule has 2 aliphatic heterocycles. The Kier molecular flexibility index (Phi) is 9.29. The zero-order chi connectivity index (χ0) is 20.5. The van der Waals surface area contributed by atoms with Gasteiger partial charge in [-0.1, -0.05) is 30.3 Å². The first-order valence-corrected chi connectivity index (χ1v) is 10.4. The molecule has 4 unspecified atom stereocenters. The molecule has 0 aliphatic carbocycles. The minimum Gasteiger partial charge on any atom is -0.378 e. The second kappa shape index (κ2) is 11.9. The van der Waals surface area contributed by atoms with Crippen LogP contribution in [0.3, 0.4) is 0 Å². The SMILES string of the molecule is CCOC1C2OC(c3ccccc3)OC(COCCOCCN)[C@H]2O[C@@H]1OCC. The van der Waals surface area contributed by atoms with Gasteiger partial charge < -0.3 is 38.9 Å². The van der Waals surface area contributed by atoms with Gasteiger partial charge in [0.05, 0.1) is 26.4 Å². The highest BCUT2D eigenvalue weighted by Gasteiger charge is 2.54. The lowest BCUT2D eigenvalue weighted by molar-refractivity contribution is -0.294. The lowest BCUT2D eigenvalue weighted by Crippen LogP contribution is -2.50. The first kappa shape index (κ1) is 22.6. The number of benzene rings is 1. The van der Waals surface area contributed by atoms with Gasteiger partial charge in [0, 0.05) is 25.3 Å². The molecule has 0 bridgehead atoms. The second-order valence-corrected chi connectivity index (χ2v) is 6.84. The van der Waals surface area contributed by atoms with Crippen LogP contribution in [-0.2, 0) is 33.2 Å². The summed E-state index contributed by atoms with van der Waals surface area (Å²) in [5.74, 6) is 0. The van der Waals surface area contributed by atoms with E-state index in [2.05, 4.69) is 0 Å². The van der Waals surface area contributed by atoms with Gasteiger partial charge in [-0.05, 0) is 13.8 Å². The zero-order valence-corrected chi connectivity index (χ0v) is 17.2. The molecule has 164 valence electrons. The standard InChI is InChI=1S/C21H33NO7/c1-3-25-19-18-17(28-21(19)26-4-2)16(14-24-13-12-23-11-10-22)27-20(29-18)15-8-6-5-7-9-15/h5-9,16-21H,3-4,10-14,22H2,1-2H3/t16?,17-,18?,19?,20?,21+/m1/s1. The molecule has 29 heavy (non-hydrogen) atoms. The first-order valence-electron chi connectivity index (χ1n) is 10.4. The predicted octanol–water partition coefficient (Wildman–Crippen LogP) is 1.63. The molecule has 0 radical (unpaired) electrons. The number of hydrogen-bond acceptors (Lipinski definition) is 8. The van der Waals surface area contributed by atoms with Crippen LogP contribution in [0.15, 0.2) is 30.3 Å². The summed E-state index contributed by atoms with van der Waals surface area (Å²) in [5.41, 5.74) is 6.37.